The van der Waals surface area contributed by atoms with Gasteiger partial charge in [-0.2, -0.15) is 10.2 Å². The smallest absolute Gasteiger partial charge is 0.255 e. The number of halogens is 1. The average molecular weight is 377 g/mol. The van der Waals surface area contributed by atoms with E-state index >= 15 is 0 Å². The van der Waals surface area contributed by atoms with Gasteiger partial charge in [0.05, 0.1) is 22.7 Å². The molecular formula is C21H20FN5O. The summed E-state index contributed by atoms with van der Waals surface area (Å²) in [4.78, 5) is 14.3. The normalized spacial score (nSPS) is 10.8. The Morgan fingerprint density at radius 1 is 0.929 bits per heavy atom. The van der Waals surface area contributed by atoms with E-state index < -0.39 is 5.82 Å². The zero-order valence-corrected chi connectivity index (χ0v) is 15.6. The van der Waals surface area contributed by atoms with Crippen LogP contribution in [0.1, 0.15) is 10.4 Å². The van der Waals surface area contributed by atoms with E-state index in [0.717, 1.165) is 17.4 Å². The number of nitrogens with one attached hydrogen (secondary N) is 1. The molecule has 0 saturated heterocycles. The SMILES string of the molecule is CN(C)c1ccc(/N=N/c2ccc(C(=O)Nc3ccc(F)cc3N)cc2)cc1. The van der Waals surface area contributed by atoms with Crippen molar-refractivity contribution >= 4 is 34.3 Å². The highest BCUT2D eigenvalue weighted by molar-refractivity contribution is 6.05. The van der Waals surface area contributed by atoms with Gasteiger partial charge in [0, 0.05) is 25.3 Å². The molecule has 7 heteroatoms. The molecule has 3 rings (SSSR count). The molecule has 0 fully saturated rings. The zero-order chi connectivity index (χ0) is 20.1. The second-order valence-electron chi connectivity index (χ2n) is 6.34. The Labute approximate surface area is 162 Å². The van der Waals surface area contributed by atoms with Crippen molar-refractivity contribution in [1.82, 2.24) is 0 Å². The lowest BCUT2D eigenvalue weighted by Crippen LogP contribution is -2.13. The van der Waals surface area contributed by atoms with Gasteiger partial charge in [-0.15, -0.1) is 0 Å². The molecular weight excluding hydrogens is 357 g/mol. The molecule has 142 valence electrons. The van der Waals surface area contributed by atoms with Crippen molar-refractivity contribution in [2.45, 2.75) is 0 Å². The third-order valence-electron chi connectivity index (χ3n) is 4.04. The summed E-state index contributed by atoms with van der Waals surface area (Å²) in [5.74, 6) is -0.803. The van der Waals surface area contributed by atoms with E-state index in [1.54, 1.807) is 24.3 Å². The van der Waals surface area contributed by atoms with Gasteiger partial charge in [-0.25, -0.2) is 4.39 Å². The number of hydrogen-bond acceptors (Lipinski definition) is 5. The Balaban J connectivity index is 1.66. The Kier molecular flexibility index (Phi) is 5.64. The van der Waals surface area contributed by atoms with Crippen molar-refractivity contribution in [3.63, 3.8) is 0 Å². The molecule has 0 saturated carbocycles. The monoisotopic (exact) mass is 377 g/mol. The second-order valence-corrected chi connectivity index (χ2v) is 6.34. The lowest BCUT2D eigenvalue weighted by Gasteiger charge is -2.11. The Morgan fingerprint density at radius 3 is 2.04 bits per heavy atom. The molecule has 3 aromatic carbocycles. The summed E-state index contributed by atoms with van der Waals surface area (Å²) in [6.45, 7) is 0. The molecule has 28 heavy (non-hydrogen) atoms. The zero-order valence-electron chi connectivity index (χ0n) is 15.6. The van der Waals surface area contributed by atoms with E-state index in [4.69, 9.17) is 5.73 Å². The molecule has 0 atom stereocenters. The molecule has 0 heterocycles. The van der Waals surface area contributed by atoms with E-state index in [1.165, 1.54) is 12.1 Å². The van der Waals surface area contributed by atoms with Crippen LogP contribution in [0.3, 0.4) is 0 Å². The minimum atomic E-state index is -0.457. The summed E-state index contributed by atoms with van der Waals surface area (Å²) in [6, 6.07) is 18.2. The summed E-state index contributed by atoms with van der Waals surface area (Å²) < 4.78 is 13.1. The van der Waals surface area contributed by atoms with Gasteiger partial charge in [0.1, 0.15) is 5.82 Å². The fourth-order valence-electron chi connectivity index (χ4n) is 2.45. The number of anilines is 3. The van der Waals surface area contributed by atoms with Gasteiger partial charge < -0.3 is 16.0 Å². The number of nitrogens with two attached hydrogens (primary N) is 1. The molecule has 0 bridgehead atoms. The Morgan fingerprint density at radius 2 is 1.50 bits per heavy atom. The van der Waals surface area contributed by atoms with Crippen molar-refractivity contribution in [2.24, 2.45) is 10.2 Å². The number of carbonyl (C=O) groups excluding carboxylic acids is 1. The summed E-state index contributed by atoms with van der Waals surface area (Å²) >= 11 is 0. The topological polar surface area (TPSA) is 83.1 Å². The first kappa shape index (κ1) is 19.0. The van der Waals surface area contributed by atoms with Crippen LogP contribution in [0.4, 0.5) is 32.8 Å². The third-order valence-corrected chi connectivity index (χ3v) is 4.04. The van der Waals surface area contributed by atoms with E-state index in [9.17, 15) is 9.18 Å². The number of hydrogen-bond donors (Lipinski definition) is 2. The van der Waals surface area contributed by atoms with E-state index in [-0.39, 0.29) is 11.6 Å². The van der Waals surface area contributed by atoms with Gasteiger partial charge in [-0.3, -0.25) is 4.79 Å². The molecule has 0 radical (unpaired) electrons. The first-order valence-corrected chi connectivity index (χ1v) is 8.58. The minimum Gasteiger partial charge on any atom is -0.397 e. The highest BCUT2D eigenvalue weighted by atomic mass is 19.1. The maximum Gasteiger partial charge on any atom is 0.255 e. The summed E-state index contributed by atoms with van der Waals surface area (Å²) in [6.07, 6.45) is 0. The first-order chi connectivity index (χ1) is 13.4. The fraction of sp³-hybridized carbons (Fsp3) is 0.0952. The summed E-state index contributed by atoms with van der Waals surface area (Å²) in [5.41, 5.74) is 9.09. The molecule has 0 aromatic heterocycles. The molecule has 6 nitrogen and oxygen atoms in total. The van der Waals surface area contributed by atoms with Gasteiger partial charge in [0.25, 0.3) is 5.91 Å². The molecule has 3 N–H and O–H groups in total. The van der Waals surface area contributed by atoms with Crippen LogP contribution >= 0.6 is 0 Å². The number of amides is 1. The first-order valence-electron chi connectivity index (χ1n) is 8.58. The van der Waals surface area contributed by atoms with E-state index in [0.29, 0.717) is 16.9 Å². The number of rotatable bonds is 5. The standard InChI is InChI=1S/C21H20FN5O/c1-27(2)18-10-8-17(9-11-18)26-25-16-6-3-14(4-7-16)21(28)24-20-12-5-15(22)13-19(20)23/h3-13H,23H2,1-2H3,(H,24,28)/b26-25+. The van der Waals surface area contributed by atoms with Crippen LogP contribution in [-0.4, -0.2) is 20.0 Å². The summed E-state index contributed by atoms with van der Waals surface area (Å²) in [5, 5.41) is 11.0. The Hall–Kier alpha value is -3.74. The molecule has 0 aliphatic carbocycles. The van der Waals surface area contributed by atoms with Crippen molar-refractivity contribution in [2.75, 3.05) is 30.0 Å². The lowest BCUT2D eigenvalue weighted by molar-refractivity contribution is 0.102. The number of carbonyl (C=O) groups is 1. The van der Waals surface area contributed by atoms with Crippen LogP contribution in [0, 0.1) is 5.82 Å². The molecule has 0 unspecified atom stereocenters. The van der Waals surface area contributed by atoms with Crippen LogP contribution < -0.4 is 16.0 Å². The van der Waals surface area contributed by atoms with Crippen molar-refractivity contribution in [3.05, 3.63) is 78.1 Å². The largest absolute Gasteiger partial charge is 0.397 e. The number of nitrogen functional groups attached to an aromatic ring is 1. The number of nitrogens with zero attached hydrogens (tertiary/aromatic N) is 3. The molecule has 3 aromatic rings. The van der Waals surface area contributed by atoms with Gasteiger partial charge in [0.2, 0.25) is 0 Å². The third kappa shape index (κ3) is 4.70. The van der Waals surface area contributed by atoms with Crippen molar-refractivity contribution < 1.29 is 9.18 Å². The maximum absolute atomic E-state index is 13.1. The van der Waals surface area contributed by atoms with Crippen molar-refractivity contribution in [3.8, 4) is 0 Å². The number of azo groups is 1. The average Bonchev–Trinajstić information content (AvgIpc) is 2.69. The van der Waals surface area contributed by atoms with Gasteiger partial charge in [0.15, 0.2) is 0 Å². The van der Waals surface area contributed by atoms with Crippen LogP contribution in [-0.2, 0) is 0 Å². The van der Waals surface area contributed by atoms with Crippen LogP contribution in [0.25, 0.3) is 0 Å². The lowest BCUT2D eigenvalue weighted by atomic mass is 10.2. The fourth-order valence-corrected chi connectivity index (χ4v) is 2.45. The predicted molar refractivity (Wildman–Crippen MR) is 110 cm³/mol. The van der Waals surface area contributed by atoms with Crippen LogP contribution in [0.15, 0.2) is 77.0 Å². The highest BCUT2D eigenvalue weighted by Gasteiger charge is 2.08. The quantitative estimate of drug-likeness (QED) is 0.477. The summed E-state index contributed by atoms with van der Waals surface area (Å²) in [7, 11) is 3.94. The maximum atomic E-state index is 13.1. The number of benzene rings is 3. The van der Waals surface area contributed by atoms with Gasteiger partial charge in [-0.05, 0) is 66.7 Å². The Bertz CT molecular complexity index is 998. The van der Waals surface area contributed by atoms with Crippen LogP contribution in [0.5, 0.6) is 0 Å². The van der Waals surface area contributed by atoms with Crippen molar-refractivity contribution in [1.29, 1.82) is 0 Å². The molecule has 0 aliphatic rings. The van der Waals surface area contributed by atoms with Crippen LogP contribution in [0.2, 0.25) is 0 Å². The second kappa shape index (κ2) is 8.30. The van der Waals surface area contributed by atoms with E-state index in [1.807, 2.05) is 43.3 Å². The molecule has 0 spiro atoms. The highest BCUT2D eigenvalue weighted by Crippen LogP contribution is 2.23. The minimum absolute atomic E-state index is 0.166. The van der Waals surface area contributed by atoms with Gasteiger partial charge in [-0.1, -0.05) is 0 Å². The van der Waals surface area contributed by atoms with E-state index in [2.05, 4.69) is 15.5 Å². The molecule has 1 amide bonds. The predicted octanol–water partition coefficient (Wildman–Crippen LogP) is 5.14. The molecule has 0 aliphatic heterocycles. The van der Waals surface area contributed by atoms with Gasteiger partial charge >= 0.3 is 0 Å².